The third-order valence-electron chi connectivity index (χ3n) is 4.22. The lowest BCUT2D eigenvalue weighted by atomic mass is 10.1. The Morgan fingerprint density at radius 3 is 2.62 bits per heavy atom. The Balaban J connectivity index is 1.42. The van der Waals surface area contributed by atoms with Gasteiger partial charge in [0.1, 0.15) is 18.0 Å². The van der Waals surface area contributed by atoms with Crippen LogP contribution in [0.25, 0.3) is 0 Å². The van der Waals surface area contributed by atoms with Crippen LogP contribution in [0.1, 0.15) is 19.8 Å². The van der Waals surface area contributed by atoms with Crippen LogP contribution >= 0.6 is 0 Å². The van der Waals surface area contributed by atoms with Gasteiger partial charge in [-0.05, 0) is 37.1 Å². The number of piperidine rings is 1. The Bertz CT molecular complexity index is 582. The van der Waals surface area contributed by atoms with Gasteiger partial charge in [-0.2, -0.15) is 0 Å². The highest BCUT2D eigenvalue weighted by Crippen LogP contribution is 2.21. The fourth-order valence-corrected chi connectivity index (χ4v) is 3.04. The first kappa shape index (κ1) is 16.6. The molecule has 7 nitrogen and oxygen atoms in total. The molecule has 2 aliphatic rings. The average molecular weight is 333 g/mol. The van der Waals surface area contributed by atoms with E-state index in [1.54, 1.807) is 0 Å². The zero-order valence-corrected chi connectivity index (χ0v) is 13.8. The summed E-state index contributed by atoms with van der Waals surface area (Å²) in [4.78, 5) is 24.4. The molecule has 1 aromatic rings. The van der Waals surface area contributed by atoms with Crippen LogP contribution in [-0.4, -0.2) is 55.3 Å². The van der Waals surface area contributed by atoms with E-state index in [1.807, 2.05) is 24.3 Å². The number of hydrogen-bond acceptors (Lipinski definition) is 5. The molecule has 0 bridgehead atoms. The third-order valence-corrected chi connectivity index (χ3v) is 4.22. The number of hydrogen-bond donors (Lipinski definition) is 2. The van der Waals surface area contributed by atoms with Gasteiger partial charge in [0.25, 0.3) is 0 Å². The molecule has 7 heteroatoms. The maximum absolute atomic E-state index is 11.0. The standard InChI is InChI=1S/C17H23N3O4/c1-12(21)19-13-2-4-14(5-3-13)23-15-6-8-20(9-7-15)11-16-10-18-17(22)24-16/h2-5,15-16H,6-11H2,1H3,(H,18,22)(H,19,21)/t16-/m0/s1. The van der Waals surface area contributed by atoms with E-state index in [0.29, 0.717) is 6.54 Å². The Morgan fingerprint density at radius 1 is 1.33 bits per heavy atom. The summed E-state index contributed by atoms with van der Waals surface area (Å²) in [6.07, 6.45) is 1.72. The lowest BCUT2D eigenvalue weighted by molar-refractivity contribution is -0.114. The molecule has 2 aliphatic heterocycles. The molecule has 2 heterocycles. The second-order valence-electron chi connectivity index (χ2n) is 6.23. The molecule has 0 unspecified atom stereocenters. The number of cyclic esters (lactones) is 1. The molecule has 2 saturated heterocycles. The second-order valence-corrected chi connectivity index (χ2v) is 6.23. The molecule has 24 heavy (non-hydrogen) atoms. The Hall–Kier alpha value is -2.28. The van der Waals surface area contributed by atoms with Gasteiger partial charge >= 0.3 is 6.09 Å². The minimum absolute atomic E-state index is 0.0451. The number of nitrogens with one attached hydrogen (secondary N) is 2. The highest BCUT2D eigenvalue weighted by molar-refractivity contribution is 5.88. The van der Waals surface area contributed by atoms with Gasteiger partial charge in [0.05, 0.1) is 6.54 Å². The SMILES string of the molecule is CC(=O)Nc1ccc(OC2CCN(C[C@@H]3CNC(=O)O3)CC2)cc1. The normalized spacial score (nSPS) is 21.9. The molecule has 2 N–H and O–H groups in total. The molecule has 2 fully saturated rings. The van der Waals surface area contributed by atoms with E-state index < -0.39 is 0 Å². The second kappa shape index (κ2) is 7.53. The topological polar surface area (TPSA) is 79.9 Å². The quantitative estimate of drug-likeness (QED) is 0.855. The van der Waals surface area contributed by atoms with Gasteiger partial charge in [0.2, 0.25) is 5.91 Å². The van der Waals surface area contributed by atoms with Gasteiger partial charge in [-0.1, -0.05) is 0 Å². The van der Waals surface area contributed by atoms with Gasteiger partial charge in [0, 0.05) is 32.2 Å². The van der Waals surface area contributed by atoms with Crippen LogP contribution in [0.5, 0.6) is 5.75 Å². The number of likely N-dealkylation sites (tertiary alicyclic amines) is 1. The summed E-state index contributed by atoms with van der Waals surface area (Å²) in [5, 5.41) is 5.41. The maximum atomic E-state index is 11.0. The van der Waals surface area contributed by atoms with Gasteiger partial charge in [-0.25, -0.2) is 4.79 Å². The minimum Gasteiger partial charge on any atom is -0.490 e. The van der Waals surface area contributed by atoms with Crippen molar-refractivity contribution in [3.8, 4) is 5.75 Å². The van der Waals surface area contributed by atoms with Crippen molar-refractivity contribution in [1.82, 2.24) is 10.2 Å². The molecular formula is C17H23N3O4. The zero-order valence-electron chi connectivity index (χ0n) is 13.8. The summed E-state index contributed by atoms with van der Waals surface area (Å²) in [5.74, 6) is 0.732. The molecule has 130 valence electrons. The van der Waals surface area contributed by atoms with Gasteiger partial charge in [-0.15, -0.1) is 0 Å². The molecule has 1 aromatic carbocycles. The van der Waals surface area contributed by atoms with E-state index in [4.69, 9.17) is 9.47 Å². The first-order chi connectivity index (χ1) is 11.6. The van der Waals surface area contributed by atoms with Crippen LogP contribution in [0.15, 0.2) is 24.3 Å². The molecule has 0 radical (unpaired) electrons. The van der Waals surface area contributed by atoms with Crippen LogP contribution in [-0.2, 0) is 9.53 Å². The number of ether oxygens (including phenoxy) is 2. The predicted octanol–water partition coefficient (Wildman–Crippen LogP) is 1.60. The van der Waals surface area contributed by atoms with Crippen LogP contribution in [0.4, 0.5) is 10.5 Å². The molecule has 0 spiro atoms. The van der Waals surface area contributed by atoms with E-state index >= 15 is 0 Å². The van der Waals surface area contributed by atoms with Crippen LogP contribution in [0.3, 0.4) is 0 Å². The van der Waals surface area contributed by atoms with Crippen molar-refractivity contribution in [2.75, 3.05) is 31.5 Å². The number of benzene rings is 1. The van der Waals surface area contributed by atoms with Crippen molar-refractivity contribution >= 4 is 17.7 Å². The van der Waals surface area contributed by atoms with Crippen LogP contribution < -0.4 is 15.4 Å². The number of anilines is 1. The summed E-state index contributed by atoms with van der Waals surface area (Å²) in [5.41, 5.74) is 0.768. The molecule has 0 aromatic heterocycles. The number of carbonyl (C=O) groups is 2. The Morgan fingerprint density at radius 2 is 2.04 bits per heavy atom. The summed E-state index contributed by atoms with van der Waals surface area (Å²) in [6, 6.07) is 7.43. The Labute approximate surface area is 141 Å². The van der Waals surface area contributed by atoms with Crippen molar-refractivity contribution < 1.29 is 19.1 Å². The number of alkyl carbamates (subject to hydrolysis) is 1. The Kier molecular flexibility index (Phi) is 5.20. The summed E-state index contributed by atoms with van der Waals surface area (Å²) < 4.78 is 11.2. The first-order valence-electron chi connectivity index (χ1n) is 8.29. The molecule has 1 atom stereocenters. The molecule has 0 saturated carbocycles. The van der Waals surface area contributed by atoms with Gasteiger partial charge in [0.15, 0.2) is 0 Å². The zero-order chi connectivity index (χ0) is 16.9. The van der Waals surface area contributed by atoms with Crippen molar-refractivity contribution in [2.24, 2.45) is 0 Å². The van der Waals surface area contributed by atoms with Gasteiger partial charge < -0.3 is 20.1 Å². The highest BCUT2D eigenvalue weighted by Gasteiger charge is 2.27. The summed E-state index contributed by atoms with van der Waals surface area (Å²) in [7, 11) is 0. The largest absolute Gasteiger partial charge is 0.490 e. The van der Waals surface area contributed by atoms with Crippen molar-refractivity contribution in [3.05, 3.63) is 24.3 Å². The first-order valence-corrected chi connectivity index (χ1v) is 8.29. The van der Waals surface area contributed by atoms with E-state index in [1.165, 1.54) is 6.92 Å². The van der Waals surface area contributed by atoms with Gasteiger partial charge in [-0.3, -0.25) is 9.69 Å². The summed E-state index contributed by atoms with van der Waals surface area (Å²) in [6.45, 7) is 4.72. The van der Waals surface area contributed by atoms with Crippen LogP contribution in [0.2, 0.25) is 0 Å². The van der Waals surface area contributed by atoms with E-state index in [0.717, 1.165) is 43.9 Å². The number of rotatable bonds is 5. The van der Waals surface area contributed by atoms with Crippen LogP contribution in [0, 0.1) is 0 Å². The predicted molar refractivity (Wildman–Crippen MR) is 89.1 cm³/mol. The number of carbonyl (C=O) groups excluding carboxylic acids is 2. The molecule has 0 aliphatic carbocycles. The van der Waals surface area contributed by atoms with E-state index in [9.17, 15) is 9.59 Å². The fraction of sp³-hybridized carbons (Fsp3) is 0.529. The lowest BCUT2D eigenvalue weighted by Crippen LogP contribution is -2.42. The number of amides is 2. The summed E-state index contributed by atoms with van der Waals surface area (Å²) >= 11 is 0. The maximum Gasteiger partial charge on any atom is 0.407 e. The monoisotopic (exact) mass is 333 g/mol. The third kappa shape index (κ3) is 4.61. The average Bonchev–Trinajstić information content (AvgIpc) is 2.96. The highest BCUT2D eigenvalue weighted by atomic mass is 16.6. The smallest absolute Gasteiger partial charge is 0.407 e. The minimum atomic E-state index is -0.319. The van der Waals surface area contributed by atoms with Crippen molar-refractivity contribution in [1.29, 1.82) is 0 Å². The van der Waals surface area contributed by atoms with Crippen molar-refractivity contribution in [2.45, 2.75) is 32.0 Å². The van der Waals surface area contributed by atoms with E-state index in [-0.39, 0.29) is 24.2 Å². The molecule has 2 amide bonds. The fourth-order valence-electron chi connectivity index (χ4n) is 3.04. The number of nitrogens with zero attached hydrogens (tertiary/aromatic N) is 1. The molecular weight excluding hydrogens is 310 g/mol. The van der Waals surface area contributed by atoms with Crippen molar-refractivity contribution in [3.63, 3.8) is 0 Å². The van der Waals surface area contributed by atoms with E-state index in [2.05, 4.69) is 15.5 Å². The molecule has 3 rings (SSSR count). The lowest BCUT2D eigenvalue weighted by Gasteiger charge is -2.33.